The van der Waals surface area contributed by atoms with Gasteiger partial charge in [0.25, 0.3) is 0 Å². The Morgan fingerprint density at radius 1 is 1.29 bits per heavy atom. The molecule has 0 bridgehead atoms. The van der Waals surface area contributed by atoms with Crippen molar-refractivity contribution in [2.75, 3.05) is 12.9 Å². The number of allylic oxidation sites excluding steroid dienone is 1. The van der Waals surface area contributed by atoms with E-state index in [0.717, 1.165) is 5.56 Å². The van der Waals surface area contributed by atoms with Crippen LogP contribution in [0.25, 0.3) is 0 Å². The topological polar surface area (TPSA) is 73.6 Å². The van der Waals surface area contributed by atoms with Crippen molar-refractivity contribution in [1.29, 1.82) is 5.26 Å². The number of hydrogen-bond donors (Lipinski definition) is 1. The summed E-state index contributed by atoms with van der Waals surface area (Å²) in [6.45, 7) is 0. The van der Waals surface area contributed by atoms with E-state index in [1.165, 1.54) is 16.7 Å². The summed E-state index contributed by atoms with van der Waals surface area (Å²) in [4.78, 5) is 14.5. The molecule has 0 radical (unpaired) electrons. The first-order valence-corrected chi connectivity index (χ1v) is 10.1. The Morgan fingerprint density at radius 3 is 2.68 bits per heavy atom. The third-order valence-corrected chi connectivity index (χ3v) is 6.61. The number of nitriles is 1. The van der Waals surface area contributed by atoms with Crippen LogP contribution >= 0.6 is 23.4 Å². The Labute approximate surface area is 172 Å². The number of aliphatic hydroxyl groups is 1. The van der Waals surface area contributed by atoms with E-state index in [0.29, 0.717) is 26.9 Å². The third-order valence-electron chi connectivity index (χ3n) is 5.13. The number of carbonyl (C=O) groups is 1. The van der Waals surface area contributed by atoms with Gasteiger partial charge in [0.2, 0.25) is 5.91 Å². The fourth-order valence-electron chi connectivity index (χ4n) is 3.78. The monoisotopic (exact) mass is 412 g/mol. The number of fused-ring (bicyclic) bond motifs is 1. The Morgan fingerprint density at radius 2 is 2.00 bits per heavy atom. The fourth-order valence-corrected chi connectivity index (χ4v) is 5.26. The molecule has 2 aromatic rings. The smallest absolute Gasteiger partial charge is 0.231 e. The lowest BCUT2D eigenvalue weighted by atomic mass is 9.85. The van der Waals surface area contributed by atoms with E-state index >= 15 is 0 Å². The summed E-state index contributed by atoms with van der Waals surface area (Å²) < 4.78 is 5.43. The van der Waals surface area contributed by atoms with Crippen molar-refractivity contribution in [2.45, 2.75) is 18.1 Å². The van der Waals surface area contributed by atoms with Crippen LogP contribution in [0.15, 0.2) is 59.1 Å². The summed E-state index contributed by atoms with van der Waals surface area (Å²) in [5.74, 6) is 0.255. The van der Waals surface area contributed by atoms with Gasteiger partial charge in [0.1, 0.15) is 5.75 Å². The fraction of sp³-hybridized carbons (Fsp3) is 0.238. The lowest BCUT2D eigenvalue weighted by Crippen LogP contribution is -2.48. The highest BCUT2D eigenvalue weighted by Gasteiger charge is 2.52. The Balaban J connectivity index is 1.82. The first-order valence-electron chi connectivity index (χ1n) is 8.71. The van der Waals surface area contributed by atoms with Crippen molar-refractivity contribution < 1.29 is 14.6 Å². The van der Waals surface area contributed by atoms with Crippen molar-refractivity contribution in [2.24, 2.45) is 0 Å². The van der Waals surface area contributed by atoms with Gasteiger partial charge in [0.05, 0.1) is 29.5 Å². The summed E-state index contributed by atoms with van der Waals surface area (Å²) in [7, 11) is 1.57. The second kappa shape index (κ2) is 7.17. The zero-order valence-electron chi connectivity index (χ0n) is 15.1. The normalized spacial score (nSPS) is 24.1. The minimum absolute atomic E-state index is 0.0865. The second-order valence-electron chi connectivity index (χ2n) is 6.67. The molecule has 0 aromatic heterocycles. The molecule has 1 fully saturated rings. The van der Waals surface area contributed by atoms with Crippen LogP contribution in [0, 0.1) is 11.3 Å². The number of carbonyl (C=O) groups excluding carboxylic acids is 1. The van der Waals surface area contributed by atoms with Crippen molar-refractivity contribution in [3.8, 4) is 11.8 Å². The first kappa shape index (κ1) is 18.9. The quantitative estimate of drug-likeness (QED) is 0.825. The Hall–Kier alpha value is -2.46. The van der Waals surface area contributed by atoms with Gasteiger partial charge in [-0.3, -0.25) is 9.69 Å². The molecule has 2 aliphatic heterocycles. The molecule has 0 saturated carbocycles. The number of thioether (sulfide) groups is 1. The minimum atomic E-state index is -1.50. The van der Waals surface area contributed by atoms with Gasteiger partial charge in [-0.15, -0.1) is 11.8 Å². The van der Waals surface area contributed by atoms with Crippen LogP contribution < -0.4 is 4.74 Å². The molecule has 0 unspecified atom stereocenters. The van der Waals surface area contributed by atoms with Gasteiger partial charge in [0.15, 0.2) is 5.72 Å². The molecule has 1 amide bonds. The molecular weight excluding hydrogens is 396 g/mol. The first-order chi connectivity index (χ1) is 13.5. The molecule has 5 nitrogen and oxygen atoms in total. The van der Waals surface area contributed by atoms with E-state index in [4.69, 9.17) is 16.3 Å². The van der Waals surface area contributed by atoms with E-state index in [1.807, 2.05) is 24.3 Å². The molecule has 0 spiro atoms. The van der Waals surface area contributed by atoms with Crippen LogP contribution in [-0.2, 0) is 10.5 Å². The van der Waals surface area contributed by atoms with E-state index in [1.54, 1.807) is 31.4 Å². The SMILES string of the molecule is COc1ccccc1[C@H]1CC(=O)N2C(=C1C#N)SC[C@]2(O)c1ccc(Cl)cc1. The molecule has 4 rings (SSSR count). The Bertz CT molecular complexity index is 1020. The summed E-state index contributed by atoms with van der Waals surface area (Å²) >= 11 is 7.28. The summed E-state index contributed by atoms with van der Waals surface area (Å²) in [6.07, 6.45) is 0.0865. The highest BCUT2D eigenvalue weighted by Crippen LogP contribution is 2.52. The molecule has 2 aromatic carbocycles. The lowest BCUT2D eigenvalue weighted by molar-refractivity contribution is -0.149. The molecule has 1 saturated heterocycles. The maximum Gasteiger partial charge on any atom is 0.231 e. The predicted octanol–water partition coefficient (Wildman–Crippen LogP) is 3.99. The van der Waals surface area contributed by atoms with Crippen LogP contribution in [0.1, 0.15) is 23.5 Å². The largest absolute Gasteiger partial charge is 0.496 e. The van der Waals surface area contributed by atoms with E-state index in [2.05, 4.69) is 6.07 Å². The number of nitrogens with zero attached hydrogens (tertiary/aromatic N) is 2. The average molecular weight is 413 g/mol. The maximum absolute atomic E-state index is 13.1. The molecule has 0 aliphatic carbocycles. The van der Waals surface area contributed by atoms with E-state index in [9.17, 15) is 15.2 Å². The summed E-state index contributed by atoms with van der Waals surface area (Å²) in [5.41, 5.74) is 0.333. The van der Waals surface area contributed by atoms with Gasteiger partial charge in [-0.05, 0) is 18.2 Å². The molecule has 142 valence electrons. The highest BCUT2D eigenvalue weighted by atomic mass is 35.5. The number of para-hydroxylation sites is 1. The molecule has 7 heteroatoms. The third kappa shape index (κ3) is 2.87. The minimum Gasteiger partial charge on any atom is -0.496 e. The van der Waals surface area contributed by atoms with Crippen molar-refractivity contribution in [3.05, 3.63) is 75.3 Å². The maximum atomic E-state index is 13.1. The van der Waals surface area contributed by atoms with Crippen LogP contribution in [-0.4, -0.2) is 28.8 Å². The van der Waals surface area contributed by atoms with Gasteiger partial charge in [-0.2, -0.15) is 5.26 Å². The average Bonchev–Trinajstić information content (AvgIpc) is 3.07. The highest BCUT2D eigenvalue weighted by molar-refractivity contribution is 8.03. The molecular formula is C21H17ClN2O3S. The molecule has 2 aliphatic rings. The van der Waals surface area contributed by atoms with Crippen molar-refractivity contribution in [1.82, 2.24) is 4.90 Å². The van der Waals surface area contributed by atoms with E-state index < -0.39 is 11.6 Å². The number of amides is 1. The summed E-state index contributed by atoms with van der Waals surface area (Å²) in [5, 5.41) is 22.3. The lowest BCUT2D eigenvalue weighted by Gasteiger charge is -2.38. The summed E-state index contributed by atoms with van der Waals surface area (Å²) in [6, 6.07) is 16.4. The van der Waals surface area contributed by atoms with E-state index in [-0.39, 0.29) is 18.1 Å². The molecule has 2 heterocycles. The number of hydrogen-bond acceptors (Lipinski definition) is 5. The Kier molecular flexibility index (Phi) is 4.84. The van der Waals surface area contributed by atoms with Crippen molar-refractivity contribution >= 4 is 29.3 Å². The van der Waals surface area contributed by atoms with Gasteiger partial charge >= 0.3 is 0 Å². The van der Waals surface area contributed by atoms with Gasteiger partial charge in [0, 0.05) is 28.5 Å². The van der Waals surface area contributed by atoms with Crippen LogP contribution in [0.5, 0.6) is 5.75 Å². The zero-order chi connectivity index (χ0) is 19.9. The number of rotatable bonds is 3. The van der Waals surface area contributed by atoms with Crippen LogP contribution in [0.3, 0.4) is 0 Å². The standard InChI is InChI=1S/C21H17ClN2O3S/c1-27-18-5-3-2-4-15(18)16-10-19(25)24-20(17(16)11-23)28-12-21(24,26)13-6-8-14(22)9-7-13/h2-9,16,26H,10,12H2,1H3/t16-,21+/m1/s1. The number of ether oxygens (including phenoxy) is 1. The zero-order valence-corrected chi connectivity index (χ0v) is 16.6. The number of halogens is 1. The molecule has 28 heavy (non-hydrogen) atoms. The van der Waals surface area contributed by atoms with Crippen molar-refractivity contribution in [3.63, 3.8) is 0 Å². The second-order valence-corrected chi connectivity index (χ2v) is 8.07. The van der Waals surface area contributed by atoms with Gasteiger partial charge < -0.3 is 9.84 Å². The predicted molar refractivity (Wildman–Crippen MR) is 108 cm³/mol. The molecule has 2 atom stereocenters. The van der Waals surface area contributed by atoms with Crippen LogP contribution in [0.4, 0.5) is 0 Å². The molecule has 1 N–H and O–H groups in total. The van der Waals surface area contributed by atoms with Crippen LogP contribution in [0.2, 0.25) is 5.02 Å². The number of methoxy groups -OCH3 is 1. The van der Waals surface area contributed by atoms with Gasteiger partial charge in [-0.25, -0.2) is 0 Å². The number of benzene rings is 2. The van der Waals surface area contributed by atoms with Gasteiger partial charge in [-0.1, -0.05) is 41.9 Å².